The summed E-state index contributed by atoms with van der Waals surface area (Å²) >= 11 is 0. The second-order valence-electron chi connectivity index (χ2n) is 8.54. The lowest BCUT2D eigenvalue weighted by molar-refractivity contribution is -0.141. The van der Waals surface area contributed by atoms with Crippen molar-refractivity contribution in [3.63, 3.8) is 0 Å². The van der Waals surface area contributed by atoms with E-state index in [0.29, 0.717) is 17.9 Å². The van der Waals surface area contributed by atoms with Gasteiger partial charge in [0.15, 0.2) is 0 Å². The lowest BCUT2D eigenvalue weighted by atomic mass is 9.92. The maximum Gasteiger partial charge on any atom is 0.323 e. The summed E-state index contributed by atoms with van der Waals surface area (Å²) < 4.78 is 5.72. The van der Waals surface area contributed by atoms with Crippen molar-refractivity contribution in [3.8, 4) is 5.75 Å². The van der Waals surface area contributed by atoms with Crippen LogP contribution in [0.3, 0.4) is 0 Å². The SMILES string of the molecule is O=C(O)CN1C(=O)[C@@H](N[C@H](CCCCCC2CCNCC2)C(=O)O)COc2ccccc21. The number of carboxylic acids is 2. The first kappa shape index (κ1) is 24.0. The Kier molecular flexibility index (Phi) is 8.87. The Labute approximate surface area is 188 Å². The van der Waals surface area contributed by atoms with Gasteiger partial charge in [0.1, 0.15) is 31.0 Å². The summed E-state index contributed by atoms with van der Waals surface area (Å²) in [5.41, 5.74) is 0.369. The molecule has 0 saturated carbocycles. The molecule has 2 atom stereocenters. The Hall–Kier alpha value is -2.65. The van der Waals surface area contributed by atoms with Crippen molar-refractivity contribution in [2.24, 2.45) is 5.92 Å². The van der Waals surface area contributed by atoms with Gasteiger partial charge in [-0.2, -0.15) is 0 Å². The highest BCUT2D eigenvalue weighted by molar-refractivity contribution is 6.02. The molecule has 1 fully saturated rings. The summed E-state index contributed by atoms with van der Waals surface area (Å²) in [6.07, 6.45) is 6.75. The number of nitrogens with zero attached hydrogens (tertiary/aromatic N) is 1. The van der Waals surface area contributed by atoms with Gasteiger partial charge < -0.3 is 20.3 Å². The van der Waals surface area contributed by atoms with Gasteiger partial charge in [-0.3, -0.25) is 24.6 Å². The number of ether oxygens (including phenoxy) is 1. The van der Waals surface area contributed by atoms with Gasteiger partial charge in [-0.25, -0.2) is 0 Å². The van der Waals surface area contributed by atoms with Crippen molar-refractivity contribution in [2.75, 3.05) is 31.1 Å². The molecule has 2 aliphatic heterocycles. The zero-order chi connectivity index (χ0) is 22.9. The number of carbonyl (C=O) groups excluding carboxylic acids is 1. The van der Waals surface area contributed by atoms with Crippen LogP contribution < -0.4 is 20.3 Å². The zero-order valence-electron chi connectivity index (χ0n) is 18.3. The smallest absolute Gasteiger partial charge is 0.323 e. The summed E-state index contributed by atoms with van der Waals surface area (Å²) in [5, 5.41) is 25.2. The van der Waals surface area contributed by atoms with Crippen LogP contribution in [0.2, 0.25) is 0 Å². The quantitative estimate of drug-likeness (QED) is 0.379. The molecule has 2 aliphatic rings. The van der Waals surface area contributed by atoms with Gasteiger partial charge in [0, 0.05) is 0 Å². The Bertz CT molecular complexity index is 796. The van der Waals surface area contributed by atoms with Gasteiger partial charge in [0.25, 0.3) is 0 Å². The Morgan fingerprint density at radius 2 is 1.91 bits per heavy atom. The van der Waals surface area contributed by atoms with E-state index in [4.69, 9.17) is 4.74 Å². The molecule has 9 heteroatoms. The number of anilines is 1. The first-order chi connectivity index (χ1) is 15.5. The first-order valence-corrected chi connectivity index (χ1v) is 11.4. The second kappa shape index (κ2) is 11.8. The van der Waals surface area contributed by atoms with Crippen molar-refractivity contribution in [2.45, 2.75) is 57.0 Å². The number of aliphatic carboxylic acids is 2. The fourth-order valence-electron chi connectivity index (χ4n) is 4.42. The van der Waals surface area contributed by atoms with Crippen LogP contribution >= 0.6 is 0 Å². The lowest BCUT2D eigenvalue weighted by Gasteiger charge is -2.25. The van der Waals surface area contributed by atoms with Crippen LogP contribution in [0, 0.1) is 5.92 Å². The molecule has 1 saturated heterocycles. The molecule has 1 aromatic rings. The second-order valence-corrected chi connectivity index (χ2v) is 8.54. The van der Waals surface area contributed by atoms with E-state index >= 15 is 0 Å². The molecule has 0 radical (unpaired) electrons. The number of hydrogen-bond acceptors (Lipinski definition) is 6. The van der Waals surface area contributed by atoms with E-state index in [0.717, 1.165) is 43.2 Å². The summed E-state index contributed by atoms with van der Waals surface area (Å²) in [6, 6.07) is 4.87. The van der Waals surface area contributed by atoms with Gasteiger partial charge in [-0.05, 0) is 50.4 Å². The van der Waals surface area contributed by atoms with Crippen molar-refractivity contribution in [1.82, 2.24) is 10.6 Å². The van der Waals surface area contributed by atoms with Gasteiger partial charge in [-0.1, -0.05) is 37.8 Å². The van der Waals surface area contributed by atoms with E-state index in [1.807, 2.05) is 0 Å². The highest BCUT2D eigenvalue weighted by Gasteiger charge is 2.35. The molecular formula is C23H33N3O6. The molecule has 176 valence electrons. The van der Waals surface area contributed by atoms with Crippen LogP contribution in [0.15, 0.2) is 24.3 Å². The minimum absolute atomic E-state index is 0.0640. The number of piperidine rings is 1. The molecule has 0 spiro atoms. The predicted molar refractivity (Wildman–Crippen MR) is 119 cm³/mol. The fourth-order valence-corrected chi connectivity index (χ4v) is 4.42. The number of hydrogen-bond donors (Lipinski definition) is 4. The largest absolute Gasteiger partial charge is 0.489 e. The number of carbonyl (C=O) groups is 3. The van der Waals surface area contributed by atoms with E-state index in [9.17, 15) is 24.6 Å². The number of nitrogens with one attached hydrogen (secondary N) is 2. The van der Waals surface area contributed by atoms with Crippen molar-refractivity contribution < 1.29 is 29.3 Å². The normalized spacial score (nSPS) is 20.2. The average Bonchev–Trinajstić information content (AvgIpc) is 2.90. The number of unbranched alkanes of at least 4 members (excludes halogenated alkanes) is 2. The molecular weight excluding hydrogens is 414 g/mol. The molecule has 4 N–H and O–H groups in total. The van der Waals surface area contributed by atoms with Crippen LogP contribution in [-0.2, 0) is 14.4 Å². The lowest BCUT2D eigenvalue weighted by Crippen LogP contribution is -2.54. The zero-order valence-corrected chi connectivity index (χ0v) is 18.3. The summed E-state index contributed by atoms with van der Waals surface area (Å²) in [6.45, 7) is 1.57. The number of carboxylic acid groups (broad SMARTS) is 2. The van der Waals surface area contributed by atoms with Crippen LogP contribution in [0.25, 0.3) is 0 Å². The highest BCUT2D eigenvalue weighted by Crippen LogP contribution is 2.31. The average molecular weight is 448 g/mol. The highest BCUT2D eigenvalue weighted by atomic mass is 16.5. The Morgan fingerprint density at radius 3 is 2.62 bits per heavy atom. The van der Waals surface area contributed by atoms with E-state index in [1.54, 1.807) is 24.3 Å². The van der Waals surface area contributed by atoms with E-state index in [-0.39, 0.29) is 6.61 Å². The molecule has 32 heavy (non-hydrogen) atoms. The standard InChI is InChI=1S/C23H33N3O6/c27-21(28)14-26-19-8-4-5-9-20(19)32-15-18(22(26)29)25-17(23(30)31)7-3-1-2-6-16-10-12-24-13-11-16/h4-5,8-9,16-18,24-25H,1-3,6-7,10-15H2,(H,27,28)(H,30,31)/t17-,18+/m1/s1. The summed E-state index contributed by atoms with van der Waals surface area (Å²) in [4.78, 5) is 37.4. The fraction of sp³-hybridized carbons (Fsp3) is 0.609. The molecule has 3 rings (SSSR count). The number of amides is 1. The Morgan fingerprint density at radius 1 is 1.16 bits per heavy atom. The summed E-state index contributed by atoms with van der Waals surface area (Å²) in [7, 11) is 0. The molecule has 9 nitrogen and oxygen atoms in total. The molecule has 2 heterocycles. The van der Waals surface area contributed by atoms with Crippen molar-refractivity contribution in [3.05, 3.63) is 24.3 Å². The van der Waals surface area contributed by atoms with Gasteiger partial charge in [0.05, 0.1) is 5.69 Å². The number of fused-ring (bicyclic) bond motifs is 1. The molecule has 1 amide bonds. The number of para-hydroxylation sites is 2. The van der Waals surface area contributed by atoms with E-state index in [2.05, 4.69) is 10.6 Å². The molecule has 0 aromatic heterocycles. The Balaban J connectivity index is 1.55. The molecule has 0 unspecified atom stereocenters. The maximum atomic E-state index is 13.1. The third-order valence-corrected chi connectivity index (χ3v) is 6.18. The van der Waals surface area contributed by atoms with Crippen molar-refractivity contribution in [1.29, 1.82) is 0 Å². The predicted octanol–water partition coefficient (Wildman–Crippen LogP) is 1.86. The van der Waals surface area contributed by atoms with Crippen LogP contribution in [-0.4, -0.2) is 66.4 Å². The third-order valence-electron chi connectivity index (χ3n) is 6.18. The van der Waals surface area contributed by atoms with E-state index in [1.165, 1.54) is 19.3 Å². The number of benzene rings is 1. The minimum Gasteiger partial charge on any atom is -0.489 e. The minimum atomic E-state index is -1.16. The van der Waals surface area contributed by atoms with E-state index < -0.39 is 36.5 Å². The molecule has 0 bridgehead atoms. The van der Waals surface area contributed by atoms with Gasteiger partial charge >= 0.3 is 11.9 Å². The number of rotatable bonds is 11. The van der Waals surface area contributed by atoms with Crippen LogP contribution in [0.1, 0.15) is 44.9 Å². The first-order valence-electron chi connectivity index (χ1n) is 11.4. The topological polar surface area (TPSA) is 128 Å². The monoisotopic (exact) mass is 447 g/mol. The van der Waals surface area contributed by atoms with Gasteiger partial charge in [-0.15, -0.1) is 0 Å². The van der Waals surface area contributed by atoms with Crippen LogP contribution in [0.4, 0.5) is 5.69 Å². The van der Waals surface area contributed by atoms with Gasteiger partial charge in [0.2, 0.25) is 5.91 Å². The van der Waals surface area contributed by atoms with Crippen molar-refractivity contribution >= 4 is 23.5 Å². The maximum absolute atomic E-state index is 13.1. The molecule has 0 aliphatic carbocycles. The van der Waals surface area contributed by atoms with Crippen LogP contribution in [0.5, 0.6) is 5.75 Å². The third kappa shape index (κ3) is 6.67. The molecule has 1 aromatic carbocycles. The summed E-state index contributed by atoms with van der Waals surface area (Å²) in [5.74, 6) is -1.53.